The molecule has 0 saturated heterocycles. The van der Waals surface area contributed by atoms with E-state index >= 15 is 0 Å². The van der Waals surface area contributed by atoms with Crippen LogP contribution in [-0.4, -0.2) is 13.0 Å². The van der Waals surface area contributed by atoms with Gasteiger partial charge in [-0.25, -0.2) is 0 Å². The van der Waals surface area contributed by atoms with Gasteiger partial charge in [0.05, 0.1) is 4.90 Å². The Hall–Kier alpha value is -2.60. The van der Waals surface area contributed by atoms with E-state index in [1.807, 2.05) is 55.8 Å². The molecule has 5 nitrogen and oxygen atoms in total. The number of pyridine rings is 1. The zero-order valence-electron chi connectivity index (χ0n) is 13.8. The summed E-state index contributed by atoms with van der Waals surface area (Å²) in [5, 5.41) is 5.22. The average Bonchev–Trinajstić information content (AvgIpc) is 2.57. The summed E-state index contributed by atoms with van der Waals surface area (Å²) >= 11 is 0. The van der Waals surface area contributed by atoms with E-state index in [4.69, 9.17) is 0 Å². The maximum Gasteiger partial charge on any atom is 0.276 e. The Bertz CT molecular complexity index is 1070. The van der Waals surface area contributed by atoms with Crippen LogP contribution in [0.5, 0.6) is 0 Å². The summed E-state index contributed by atoms with van der Waals surface area (Å²) in [4.78, 5) is 2.51. The van der Waals surface area contributed by atoms with Gasteiger partial charge >= 0.3 is 0 Å². The molecule has 0 radical (unpaired) electrons. The van der Waals surface area contributed by atoms with Crippen LogP contribution in [0.4, 0.5) is 0 Å². The van der Waals surface area contributed by atoms with Crippen LogP contribution in [0.3, 0.4) is 0 Å². The summed E-state index contributed by atoms with van der Waals surface area (Å²) in [7, 11) is -1.83. The van der Waals surface area contributed by atoms with Gasteiger partial charge in [0.2, 0.25) is 0 Å². The van der Waals surface area contributed by atoms with E-state index in [-0.39, 0.29) is 4.90 Å². The number of nitrogens with zero attached hydrogens (tertiary/aromatic N) is 2. The number of hydrogen-bond acceptors (Lipinski definition) is 3. The van der Waals surface area contributed by atoms with Crippen molar-refractivity contribution in [1.29, 1.82) is 0 Å². The van der Waals surface area contributed by atoms with E-state index in [0.717, 1.165) is 22.0 Å². The van der Waals surface area contributed by atoms with Gasteiger partial charge in [0.25, 0.3) is 10.0 Å². The molecule has 24 heavy (non-hydrogen) atoms. The normalized spacial score (nSPS) is 12.5. The first-order valence-corrected chi connectivity index (χ1v) is 9.04. The van der Waals surface area contributed by atoms with Crippen molar-refractivity contribution in [3.05, 3.63) is 71.2 Å². The Morgan fingerprint density at radius 3 is 2.38 bits per heavy atom. The predicted molar refractivity (Wildman–Crippen MR) is 94.7 cm³/mol. The van der Waals surface area contributed by atoms with Gasteiger partial charge in [-0.15, -0.1) is 5.10 Å². The smallest absolute Gasteiger partial charge is 0.276 e. The zero-order valence-corrected chi connectivity index (χ0v) is 14.6. The third kappa shape index (κ3) is 3.05. The van der Waals surface area contributed by atoms with Crippen LogP contribution in [0, 0.1) is 13.8 Å². The van der Waals surface area contributed by atoms with Crippen LogP contribution in [0.1, 0.15) is 11.1 Å². The number of para-hydroxylation sites is 1. The molecule has 0 amide bonds. The minimum atomic E-state index is -3.69. The quantitative estimate of drug-likeness (QED) is 0.744. The van der Waals surface area contributed by atoms with Gasteiger partial charge in [-0.2, -0.15) is 13.2 Å². The van der Waals surface area contributed by atoms with Gasteiger partial charge < -0.3 is 4.57 Å². The summed E-state index contributed by atoms with van der Waals surface area (Å²) in [6, 6.07) is 16.5. The van der Waals surface area contributed by atoms with Crippen molar-refractivity contribution in [3.8, 4) is 0 Å². The van der Waals surface area contributed by atoms with Crippen molar-refractivity contribution >= 4 is 20.9 Å². The van der Waals surface area contributed by atoms with Crippen LogP contribution in [0.2, 0.25) is 0 Å². The van der Waals surface area contributed by atoms with E-state index in [1.165, 1.54) is 0 Å². The first-order chi connectivity index (χ1) is 11.4. The molecule has 1 N–H and O–H groups in total. The highest BCUT2D eigenvalue weighted by molar-refractivity contribution is 7.89. The molecule has 0 bridgehead atoms. The second-order valence-electron chi connectivity index (χ2n) is 5.78. The third-order valence-corrected chi connectivity index (χ3v) is 5.22. The number of hydrogen-bond donors (Lipinski definition) is 1. The fourth-order valence-corrected chi connectivity index (χ4v) is 3.39. The fourth-order valence-electron chi connectivity index (χ4n) is 2.58. The SMILES string of the molecule is Cc1ccc(S(=O)(=O)NN=c2cc(C)c3ccccc3n2C)cc1. The largest absolute Gasteiger partial charge is 0.327 e. The molecular formula is C18H19N3O2S. The molecule has 3 aromatic rings. The predicted octanol–water partition coefficient (Wildman–Crippen LogP) is 2.59. The molecule has 0 atom stereocenters. The van der Waals surface area contributed by atoms with Crippen LogP contribution in [0.15, 0.2) is 64.6 Å². The Morgan fingerprint density at radius 2 is 1.67 bits per heavy atom. The number of nitrogens with one attached hydrogen (secondary N) is 1. The zero-order chi connectivity index (χ0) is 17.3. The van der Waals surface area contributed by atoms with Gasteiger partial charge in [0.15, 0.2) is 5.49 Å². The number of aryl methyl sites for hydroxylation is 3. The summed E-state index contributed by atoms with van der Waals surface area (Å²) in [6.07, 6.45) is 0. The van der Waals surface area contributed by atoms with Crippen molar-refractivity contribution in [2.75, 3.05) is 0 Å². The number of benzene rings is 2. The molecule has 0 fully saturated rings. The standard InChI is InChI=1S/C18H19N3O2S/c1-13-8-10-15(11-9-13)24(22,23)20-19-18-12-14(2)16-6-4-5-7-17(16)21(18)3/h4-12,20H,1-3H3. The fraction of sp³-hybridized carbons (Fsp3) is 0.167. The Kier molecular flexibility index (Phi) is 4.15. The Morgan fingerprint density at radius 1 is 1.00 bits per heavy atom. The van der Waals surface area contributed by atoms with Gasteiger partial charge in [0, 0.05) is 18.0 Å². The molecule has 0 aliphatic heterocycles. The second-order valence-corrected chi connectivity index (χ2v) is 7.44. The van der Waals surface area contributed by atoms with Crippen molar-refractivity contribution in [2.24, 2.45) is 12.1 Å². The molecule has 0 aliphatic carbocycles. The van der Waals surface area contributed by atoms with Crippen LogP contribution < -0.4 is 10.3 Å². The summed E-state index contributed by atoms with van der Waals surface area (Å²) in [6.45, 7) is 3.89. The van der Waals surface area contributed by atoms with Gasteiger partial charge in [-0.3, -0.25) is 0 Å². The molecular weight excluding hydrogens is 322 g/mol. The molecule has 0 saturated carbocycles. The first kappa shape index (κ1) is 16.3. The topological polar surface area (TPSA) is 63.5 Å². The number of rotatable bonds is 3. The summed E-state index contributed by atoms with van der Waals surface area (Å²) in [5.41, 5.74) is 3.58. The molecule has 3 rings (SSSR count). The average molecular weight is 341 g/mol. The summed E-state index contributed by atoms with van der Waals surface area (Å²) < 4.78 is 26.6. The van der Waals surface area contributed by atoms with E-state index in [9.17, 15) is 8.42 Å². The Balaban J connectivity index is 2.05. The molecule has 0 unspecified atom stereocenters. The molecule has 0 aliphatic rings. The lowest BCUT2D eigenvalue weighted by Gasteiger charge is -2.10. The van der Waals surface area contributed by atoms with Gasteiger partial charge in [-0.1, -0.05) is 35.9 Å². The van der Waals surface area contributed by atoms with Crippen LogP contribution >= 0.6 is 0 Å². The monoisotopic (exact) mass is 341 g/mol. The lowest BCUT2D eigenvalue weighted by Crippen LogP contribution is -2.26. The molecule has 2 aromatic carbocycles. The lowest BCUT2D eigenvalue weighted by atomic mass is 10.1. The maximum atomic E-state index is 12.4. The minimum absolute atomic E-state index is 0.192. The third-order valence-electron chi connectivity index (χ3n) is 3.99. The minimum Gasteiger partial charge on any atom is -0.327 e. The van der Waals surface area contributed by atoms with Gasteiger partial charge in [-0.05, 0) is 43.7 Å². The van der Waals surface area contributed by atoms with E-state index in [2.05, 4.69) is 9.93 Å². The maximum absolute atomic E-state index is 12.4. The highest BCUT2D eigenvalue weighted by Crippen LogP contribution is 2.15. The molecule has 124 valence electrons. The highest BCUT2D eigenvalue weighted by Gasteiger charge is 2.12. The van der Waals surface area contributed by atoms with Crippen LogP contribution in [0.25, 0.3) is 10.9 Å². The first-order valence-electron chi connectivity index (χ1n) is 7.56. The van der Waals surface area contributed by atoms with Gasteiger partial charge in [0.1, 0.15) is 0 Å². The van der Waals surface area contributed by atoms with E-state index in [0.29, 0.717) is 5.49 Å². The molecule has 1 aromatic heterocycles. The number of fused-ring (bicyclic) bond motifs is 1. The molecule has 1 heterocycles. The highest BCUT2D eigenvalue weighted by atomic mass is 32.2. The van der Waals surface area contributed by atoms with Crippen molar-refractivity contribution < 1.29 is 8.42 Å². The molecule has 6 heteroatoms. The van der Waals surface area contributed by atoms with E-state index in [1.54, 1.807) is 24.3 Å². The lowest BCUT2D eigenvalue weighted by molar-refractivity contribution is 0.582. The second kappa shape index (κ2) is 6.13. The van der Waals surface area contributed by atoms with Crippen molar-refractivity contribution in [2.45, 2.75) is 18.7 Å². The summed E-state index contributed by atoms with van der Waals surface area (Å²) in [5.74, 6) is 0. The van der Waals surface area contributed by atoms with Crippen molar-refractivity contribution in [1.82, 2.24) is 9.40 Å². The number of aromatic nitrogens is 1. The van der Waals surface area contributed by atoms with E-state index < -0.39 is 10.0 Å². The Labute approximate surface area is 141 Å². The van der Waals surface area contributed by atoms with Crippen molar-refractivity contribution in [3.63, 3.8) is 0 Å². The number of sulfonamides is 1. The van der Waals surface area contributed by atoms with Crippen LogP contribution in [-0.2, 0) is 17.1 Å². The molecule has 0 spiro atoms.